The third-order valence-electron chi connectivity index (χ3n) is 13.6. The number of carbonyl (C=O) groups excluding carboxylic acids is 1. The van der Waals surface area contributed by atoms with Gasteiger partial charge in [-0.05, 0) is 125 Å². The normalized spacial score (nSPS) is 33.8. The number of carbonyl (C=O) groups is 1. The van der Waals surface area contributed by atoms with Crippen LogP contribution in [0.5, 0.6) is 5.75 Å². The molecule has 0 radical (unpaired) electrons. The highest BCUT2D eigenvalue weighted by molar-refractivity contribution is 7.90. The van der Waals surface area contributed by atoms with Crippen molar-refractivity contribution in [1.82, 2.24) is 14.5 Å². The Morgan fingerprint density at radius 3 is 2.60 bits per heavy atom. The number of methoxy groups -OCH3 is 1. The van der Waals surface area contributed by atoms with Gasteiger partial charge in [0.15, 0.2) is 0 Å². The van der Waals surface area contributed by atoms with Gasteiger partial charge in [0, 0.05) is 67.9 Å². The summed E-state index contributed by atoms with van der Waals surface area (Å²) in [6.45, 7) is 17.3. The van der Waals surface area contributed by atoms with Crippen molar-refractivity contribution < 1.29 is 22.7 Å². The first-order valence-electron chi connectivity index (χ1n) is 19.8. The van der Waals surface area contributed by atoms with Crippen molar-refractivity contribution in [2.45, 2.75) is 94.9 Å². The molecule has 2 fully saturated rings. The second-order valence-electron chi connectivity index (χ2n) is 17.3. The van der Waals surface area contributed by atoms with Gasteiger partial charge in [0.25, 0.3) is 5.91 Å². The molecule has 2 aliphatic carbocycles. The van der Waals surface area contributed by atoms with Crippen LogP contribution in [0.25, 0.3) is 0 Å². The average molecular weight is 767 g/mol. The highest BCUT2D eigenvalue weighted by Crippen LogP contribution is 2.49. The summed E-state index contributed by atoms with van der Waals surface area (Å²) in [4.78, 5) is 21.3. The van der Waals surface area contributed by atoms with Crippen molar-refractivity contribution in [3.63, 3.8) is 0 Å². The van der Waals surface area contributed by atoms with Crippen molar-refractivity contribution in [3.8, 4) is 5.75 Å². The summed E-state index contributed by atoms with van der Waals surface area (Å²) in [7, 11) is -2.10. The maximum absolute atomic E-state index is 13.7. The highest BCUT2D eigenvalue weighted by Gasteiger charge is 2.50. The molecule has 2 bridgehead atoms. The molecular formula is C42H59ClN4O5S. The van der Waals surface area contributed by atoms with Gasteiger partial charge in [-0.25, -0.2) is 13.1 Å². The van der Waals surface area contributed by atoms with Crippen LogP contribution in [0.15, 0.2) is 48.6 Å². The summed E-state index contributed by atoms with van der Waals surface area (Å²) in [5, 5.41) is -0.0283. The summed E-state index contributed by atoms with van der Waals surface area (Å²) in [6.07, 6.45) is 10.1. The van der Waals surface area contributed by atoms with Gasteiger partial charge in [-0.1, -0.05) is 43.7 Å². The number of piperazine rings is 1. The summed E-state index contributed by atoms with van der Waals surface area (Å²) < 4.78 is 43.1. The number of hydrogen-bond acceptors (Lipinski definition) is 8. The standard InChI is InChI=1S/C42H59ClN4O5S/c1-7-47-21-20-45(25-40(47,4)5)27-42(51-6)19-8-10-29(2)30(3)53(49,50)44-39(48)32-13-17-38-37(23-32)46(24-33-12-15-36(33)42)26-41(28-52-38)18-9-11-31-22-34(43)14-16-35(31)41/h8,13-14,16-17,19,22-23,29-30,33,36H,7,9-12,15,18,20-21,24-28H2,1-6H3,(H,44,48)/b19-8-/t29-,30+,33-,36+,41-,42-/m0/s1. The molecule has 2 aromatic rings. The Labute approximate surface area is 322 Å². The Balaban J connectivity index is 1.30. The minimum absolute atomic E-state index is 0.0496. The zero-order valence-corrected chi connectivity index (χ0v) is 34.1. The first kappa shape index (κ1) is 38.6. The molecule has 2 aromatic carbocycles. The molecule has 290 valence electrons. The first-order valence-corrected chi connectivity index (χ1v) is 21.7. The van der Waals surface area contributed by atoms with Crippen LogP contribution in [0.3, 0.4) is 0 Å². The Kier molecular flexibility index (Phi) is 10.8. The lowest BCUT2D eigenvalue weighted by atomic mass is 9.63. The fourth-order valence-electron chi connectivity index (χ4n) is 10.2. The van der Waals surface area contributed by atoms with Gasteiger partial charge in [0.1, 0.15) is 11.4 Å². The number of fused-ring (bicyclic) bond motifs is 4. The van der Waals surface area contributed by atoms with Crippen LogP contribution in [0.2, 0.25) is 5.02 Å². The van der Waals surface area contributed by atoms with E-state index in [1.807, 2.05) is 32.2 Å². The second kappa shape index (κ2) is 14.8. The predicted molar refractivity (Wildman–Crippen MR) is 213 cm³/mol. The fraction of sp³-hybridized carbons (Fsp3) is 0.643. The Morgan fingerprint density at radius 2 is 1.89 bits per heavy atom. The average Bonchev–Trinajstić information content (AvgIpc) is 3.25. The number of halogens is 1. The molecule has 1 saturated carbocycles. The minimum atomic E-state index is -3.96. The molecule has 3 heterocycles. The molecule has 1 saturated heterocycles. The zero-order chi connectivity index (χ0) is 37.8. The van der Waals surface area contributed by atoms with E-state index in [2.05, 4.69) is 64.5 Å². The summed E-state index contributed by atoms with van der Waals surface area (Å²) in [6, 6.07) is 11.7. The number of amides is 1. The lowest BCUT2D eigenvalue weighted by molar-refractivity contribution is -0.104. The van der Waals surface area contributed by atoms with Crippen LogP contribution >= 0.6 is 11.6 Å². The number of aryl methyl sites for hydroxylation is 1. The lowest BCUT2D eigenvalue weighted by Gasteiger charge is -2.54. The van der Waals surface area contributed by atoms with Crippen LogP contribution in [0.1, 0.15) is 88.2 Å². The molecule has 7 rings (SSSR count). The maximum Gasteiger partial charge on any atom is 0.264 e. The number of anilines is 1. The van der Waals surface area contributed by atoms with Crippen molar-refractivity contribution >= 4 is 33.2 Å². The smallest absolute Gasteiger partial charge is 0.264 e. The molecule has 1 spiro atoms. The zero-order valence-electron chi connectivity index (χ0n) is 32.5. The van der Waals surface area contributed by atoms with Gasteiger partial charge < -0.3 is 14.4 Å². The van der Waals surface area contributed by atoms with E-state index in [0.29, 0.717) is 24.5 Å². The number of allylic oxidation sites excluding steroid dienone is 1. The second-order valence-corrected chi connectivity index (χ2v) is 19.8. The lowest BCUT2D eigenvalue weighted by Crippen LogP contribution is -2.63. The molecule has 1 amide bonds. The monoisotopic (exact) mass is 766 g/mol. The summed E-state index contributed by atoms with van der Waals surface area (Å²) in [5.41, 5.74) is 2.95. The van der Waals surface area contributed by atoms with Gasteiger partial charge in [-0.2, -0.15) is 0 Å². The van der Waals surface area contributed by atoms with Crippen molar-refractivity contribution in [3.05, 3.63) is 70.3 Å². The molecular weight excluding hydrogens is 708 g/mol. The van der Waals surface area contributed by atoms with Gasteiger partial charge in [0.2, 0.25) is 10.0 Å². The number of ether oxygens (including phenoxy) is 2. The van der Waals surface area contributed by atoms with E-state index in [-0.39, 0.29) is 22.8 Å². The maximum atomic E-state index is 13.7. The van der Waals surface area contributed by atoms with Crippen LogP contribution in [-0.2, 0) is 26.6 Å². The summed E-state index contributed by atoms with van der Waals surface area (Å²) in [5.74, 6) is 0.479. The molecule has 9 nitrogen and oxygen atoms in total. The Bertz CT molecular complexity index is 1830. The van der Waals surface area contributed by atoms with Gasteiger partial charge in [-0.15, -0.1) is 0 Å². The van der Waals surface area contributed by atoms with Crippen LogP contribution < -0.4 is 14.4 Å². The molecule has 5 aliphatic rings. The molecule has 3 aliphatic heterocycles. The molecule has 0 unspecified atom stereocenters. The third kappa shape index (κ3) is 7.40. The predicted octanol–water partition coefficient (Wildman–Crippen LogP) is 6.68. The van der Waals surface area contributed by atoms with Gasteiger partial charge >= 0.3 is 0 Å². The number of benzene rings is 2. The molecule has 1 N–H and O–H groups in total. The van der Waals surface area contributed by atoms with Crippen molar-refractivity contribution in [2.24, 2.45) is 17.8 Å². The SMILES string of the molecule is CCN1CCN(C[C@@]2(OC)/C=C\C[C@H](C)[C@@H](C)S(=O)(=O)NC(=O)c3ccc4c(c3)N(C[C@@H]3CC[C@H]32)C[C@@]2(CCCc3cc(Cl)ccc32)CO4)CC1(C)C. The van der Waals surface area contributed by atoms with Crippen LogP contribution in [-0.4, -0.2) is 100 Å². The van der Waals surface area contributed by atoms with E-state index in [4.69, 9.17) is 21.1 Å². The van der Waals surface area contributed by atoms with Crippen molar-refractivity contribution in [1.29, 1.82) is 0 Å². The highest BCUT2D eigenvalue weighted by atomic mass is 35.5. The third-order valence-corrected chi connectivity index (χ3v) is 15.8. The Hall–Kier alpha value is -2.63. The number of hydrogen-bond donors (Lipinski definition) is 1. The number of likely N-dealkylation sites (N-methyl/N-ethyl adjacent to an activating group) is 1. The largest absolute Gasteiger partial charge is 0.490 e. The number of nitrogens with one attached hydrogen (secondary N) is 1. The molecule has 11 heteroatoms. The number of rotatable bonds is 4. The van der Waals surface area contributed by atoms with E-state index >= 15 is 0 Å². The van der Waals surface area contributed by atoms with Crippen molar-refractivity contribution in [2.75, 3.05) is 64.4 Å². The fourth-order valence-corrected chi connectivity index (χ4v) is 11.6. The van der Waals surface area contributed by atoms with Gasteiger partial charge in [0.05, 0.1) is 17.5 Å². The summed E-state index contributed by atoms with van der Waals surface area (Å²) >= 11 is 6.51. The van der Waals surface area contributed by atoms with E-state index in [1.165, 1.54) is 11.1 Å². The molecule has 0 aromatic heterocycles. The Morgan fingerprint density at radius 1 is 1.08 bits per heavy atom. The quantitative estimate of drug-likeness (QED) is 0.345. The number of sulfonamides is 1. The van der Waals surface area contributed by atoms with E-state index in [0.717, 1.165) is 94.4 Å². The molecule has 6 atom stereocenters. The topological polar surface area (TPSA) is 91.4 Å². The minimum Gasteiger partial charge on any atom is -0.490 e. The number of nitrogens with zero attached hydrogens (tertiary/aromatic N) is 3. The van der Waals surface area contributed by atoms with Crippen LogP contribution in [0, 0.1) is 17.8 Å². The van der Waals surface area contributed by atoms with E-state index in [1.54, 1.807) is 13.0 Å². The van der Waals surface area contributed by atoms with Crippen LogP contribution in [0.4, 0.5) is 5.69 Å². The van der Waals surface area contributed by atoms with Gasteiger partial charge in [-0.3, -0.25) is 14.6 Å². The molecule has 53 heavy (non-hydrogen) atoms. The van der Waals surface area contributed by atoms with E-state index < -0.39 is 26.8 Å². The van der Waals surface area contributed by atoms with E-state index in [9.17, 15) is 13.2 Å². The first-order chi connectivity index (χ1) is 25.2.